The maximum absolute atomic E-state index is 12.6. The fraction of sp³-hybridized carbons (Fsp3) is 0.524. The first kappa shape index (κ1) is 19.4. The molecule has 1 aliphatic carbocycles. The van der Waals surface area contributed by atoms with E-state index in [1.54, 1.807) is 17.0 Å². The smallest absolute Gasteiger partial charge is 0.313 e. The third-order valence-corrected chi connectivity index (χ3v) is 5.86. The highest BCUT2D eigenvalue weighted by atomic mass is 16.2. The van der Waals surface area contributed by atoms with E-state index in [-0.39, 0.29) is 17.7 Å². The summed E-state index contributed by atoms with van der Waals surface area (Å²) >= 11 is 0. The molecule has 1 aromatic carbocycles. The number of fused-ring (bicyclic) bond motifs is 1. The highest BCUT2D eigenvalue weighted by molar-refractivity contribution is 6.39. The van der Waals surface area contributed by atoms with Crippen molar-refractivity contribution in [1.82, 2.24) is 9.80 Å². The summed E-state index contributed by atoms with van der Waals surface area (Å²) in [5.41, 5.74) is 2.45. The van der Waals surface area contributed by atoms with E-state index in [9.17, 15) is 19.2 Å². The maximum Gasteiger partial charge on any atom is 0.313 e. The third kappa shape index (κ3) is 4.11. The third-order valence-electron chi connectivity index (χ3n) is 5.86. The Labute approximate surface area is 169 Å². The van der Waals surface area contributed by atoms with Gasteiger partial charge in [0.1, 0.15) is 0 Å². The molecule has 4 amide bonds. The Balaban J connectivity index is 1.42. The van der Waals surface area contributed by atoms with Crippen molar-refractivity contribution in [3.63, 3.8) is 0 Å². The second kappa shape index (κ2) is 7.85. The molecule has 8 heteroatoms. The molecule has 29 heavy (non-hydrogen) atoms. The molecule has 8 nitrogen and oxygen atoms in total. The van der Waals surface area contributed by atoms with Gasteiger partial charge in [-0.15, -0.1) is 0 Å². The van der Waals surface area contributed by atoms with E-state index >= 15 is 0 Å². The lowest BCUT2D eigenvalue weighted by Crippen LogP contribution is -2.52. The highest BCUT2D eigenvalue weighted by Crippen LogP contribution is 2.36. The van der Waals surface area contributed by atoms with E-state index in [1.807, 2.05) is 11.0 Å². The summed E-state index contributed by atoms with van der Waals surface area (Å²) in [5, 5.41) is 2.68. The van der Waals surface area contributed by atoms with Gasteiger partial charge in [-0.2, -0.15) is 0 Å². The number of anilines is 2. The second-order valence-electron chi connectivity index (χ2n) is 7.96. The first-order valence-corrected chi connectivity index (χ1v) is 10.2. The Morgan fingerprint density at radius 3 is 2.31 bits per heavy atom. The van der Waals surface area contributed by atoms with E-state index in [1.165, 1.54) is 11.8 Å². The largest absolute Gasteiger partial charge is 0.339 e. The number of piperazine rings is 1. The van der Waals surface area contributed by atoms with E-state index in [0.717, 1.165) is 36.9 Å². The molecule has 1 N–H and O–H groups in total. The minimum absolute atomic E-state index is 0.0269. The zero-order valence-corrected chi connectivity index (χ0v) is 16.6. The standard InChI is InChI=1S/C21H26N4O4/c1-14(26)23-9-11-24(12-10-23)21(29)19(27)22-17-7-6-15-3-2-8-25(18(15)13-17)20(28)16-4-5-16/h6-7,13,16H,2-5,8-12H2,1H3,(H,22,27). The molecule has 4 rings (SSSR count). The molecule has 2 fully saturated rings. The van der Waals surface area contributed by atoms with Crippen LogP contribution >= 0.6 is 0 Å². The predicted molar refractivity (Wildman–Crippen MR) is 107 cm³/mol. The first-order chi connectivity index (χ1) is 13.9. The molecule has 0 aromatic heterocycles. The van der Waals surface area contributed by atoms with Crippen molar-refractivity contribution in [2.45, 2.75) is 32.6 Å². The predicted octanol–water partition coefficient (Wildman–Crippen LogP) is 1.00. The molecule has 0 radical (unpaired) electrons. The summed E-state index contributed by atoms with van der Waals surface area (Å²) in [6.07, 6.45) is 3.73. The van der Waals surface area contributed by atoms with Gasteiger partial charge in [0.15, 0.2) is 0 Å². The van der Waals surface area contributed by atoms with Gasteiger partial charge in [0.25, 0.3) is 0 Å². The molecule has 2 aliphatic heterocycles. The van der Waals surface area contributed by atoms with Crippen molar-refractivity contribution in [3.05, 3.63) is 23.8 Å². The Morgan fingerprint density at radius 1 is 0.966 bits per heavy atom. The number of carbonyl (C=O) groups is 4. The molecule has 0 spiro atoms. The van der Waals surface area contributed by atoms with Crippen LogP contribution in [0.2, 0.25) is 0 Å². The van der Waals surface area contributed by atoms with Crippen molar-refractivity contribution in [2.24, 2.45) is 5.92 Å². The Hall–Kier alpha value is -2.90. The lowest BCUT2D eigenvalue weighted by molar-refractivity contribution is -0.145. The number of benzene rings is 1. The van der Waals surface area contributed by atoms with Crippen LogP contribution in [0.3, 0.4) is 0 Å². The van der Waals surface area contributed by atoms with Gasteiger partial charge in [0.05, 0.1) is 0 Å². The molecule has 0 unspecified atom stereocenters. The Morgan fingerprint density at radius 2 is 1.66 bits per heavy atom. The molecule has 1 saturated carbocycles. The molecule has 3 aliphatic rings. The first-order valence-electron chi connectivity index (χ1n) is 10.2. The van der Waals surface area contributed by atoms with Gasteiger partial charge >= 0.3 is 11.8 Å². The van der Waals surface area contributed by atoms with Gasteiger partial charge in [-0.25, -0.2) is 0 Å². The van der Waals surface area contributed by atoms with Gasteiger partial charge in [-0.05, 0) is 43.4 Å². The van der Waals surface area contributed by atoms with Crippen LogP contribution in [0.25, 0.3) is 0 Å². The number of carbonyl (C=O) groups excluding carboxylic acids is 4. The SMILES string of the molecule is CC(=O)N1CCN(C(=O)C(=O)Nc2ccc3c(c2)N(C(=O)C2CC2)CCC3)CC1. The number of amides is 4. The minimum atomic E-state index is -0.697. The Bertz CT molecular complexity index is 856. The molecule has 154 valence electrons. The summed E-state index contributed by atoms with van der Waals surface area (Å²) in [6.45, 7) is 3.76. The number of nitrogens with one attached hydrogen (secondary N) is 1. The van der Waals surface area contributed by atoms with Crippen molar-refractivity contribution >= 4 is 35.0 Å². The molecule has 1 saturated heterocycles. The zero-order valence-electron chi connectivity index (χ0n) is 16.6. The van der Waals surface area contributed by atoms with Gasteiger partial charge < -0.3 is 20.0 Å². The van der Waals surface area contributed by atoms with Crippen molar-refractivity contribution in [1.29, 1.82) is 0 Å². The number of aryl methyl sites for hydroxylation is 1. The van der Waals surface area contributed by atoms with Crippen LogP contribution in [0.4, 0.5) is 11.4 Å². The quantitative estimate of drug-likeness (QED) is 0.753. The Kier molecular flexibility index (Phi) is 5.25. The summed E-state index contributed by atoms with van der Waals surface area (Å²) < 4.78 is 0. The number of nitrogens with zero attached hydrogens (tertiary/aromatic N) is 3. The summed E-state index contributed by atoms with van der Waals surface area (Å²) in [5.74, 6) is -1.03. The fourth-order valence-corrected chi connectivity index (χ4v) is 3.98. The van der Waals surface area contributed by atoms with Crippen molar-refractivity contribution in [3.8, 4) is 0 Å². The van der Waals surface area contributed by atoms with Gasteiger partial charge in [0, 0.05) is 56.9 Å². The zero-order chi connectivity index (χ0) is 20.5. The molecule has 0 bridgehead atoms. The average molecular weight is 398 g/mol. The lowest BCUT2D eigenvalue weighted by atomic mass is 10.0. The van der Waals surface area contributed by atoms with Crippen LogP contribution in [0.5, 0.6) is 0 Å². The van der Waals surface area contributed by atoms with E-state index < -0.39 is 11.8 Å². The molecule has 2 heterocycles. The molecular formula is C21H26N4O4. The van der Waals surface area contributed by atoms with Gasteiger partial charge in [0.2, 0.25) is 11.8 Å². The average Bonchev–Trinajstić information content (AvgIpc) is 3.57. The maximum atomic E-state index is 12.6. The highest BCUT2D eigenvalue weighted by Gasteiger charge is 2.35. The summed E-state index contributed by atoms with van der Waals surface area (Å²) in [4.78, 5) is 53.9. The van der Waals surface area contributed by atoms with Crippen LogP contribution in [-0.2, 0) is 25.6 Å². The normalized spacial score (nSPS) is 18.9. The monoisotopic (exact) mass is 398 g/mol. The van der Waals surface area contributed by atoms with E-state index in [2.05, 4.69) is 5.32 Å². The molecule has 0 atom stereocenters. The number of hydrogen-bond acceptors (Lipinski definition) is 4. The topological polar surface area (TPSA) is 90.0 Å². The van der Waals surface area contributed by atoms with Crippen LogP contribution in [0, 0.1) is 5.92 Å². The van der Waals surface area contributed by atoms with Crippen LogP contribution in [0.1, 0.15) is 31.7 Å². The molecule has 1 aromatic rings. The fourth-order valence-electron chi connectivity index (χ4n) is 3.98. The minimum Gasteiger partial charge on any atom is -0.339 e. The van der Waals surface area contributed by atoms with E-state index in [0.29, 0.717) is 38.4 Å². The van der Waals surface area contributed by atoms with Crippen LogP contribution in [0.15, 0.2) is 18.2 Å². The lowest BCUT2D eigenvalue weighted by Gasteiger charge is -2.33. The van der Waals surface area contributed by atoms with E-state index in [4.69, 9.17) is 0 Å². The van der Waals surface area contributed by atoms with Crippen molar-refractivity contribution in [2.75, 3.05) is 42.9 Å². The van der Waals surface area contributed by atoms with Crippen molar-refractivity contribution < 1.29 is 19.2 Å². The van der Waals surface area contributed by atoms with Gasteiger partial charge in [-0.3, -0.25) is 19.2 Å². The summed E-state index contributed by atoms with van der Waals surface area (Å²) in [7, 11) is 0. The van der Waals surface area contributed by atoms with Crippen LogP contribution < -0.4 is 10.2 Å². The summed E-state index contributed by atoms with van der Waals surface area (Å²) in [6, 6.07) is 5.50. The molecular weight excluding hydrogens is 372 g/mol. The van der Waals surface area contributed by atoms with Gasteiger partial charge in [-0.1, -0.05) is 6.07 Å². The number of hydrogen-bond donors (Lipinski definition) is 1. The number of rotatable bonds is 2. The van der Waals surface area contributed by atoms with Crippen LogP contribution in [-0.4, -0.2) is 66.2 Å². The second-order valence-corrected chi connectivity index (χ2v) is 7.96.